The van der Waals surface area contributed by atoms with E-state index < -0.39 is 9.84 Å². The van der Waals surface area contributed by atoms with E-state index in [2.05, 4.69) is 20.1 Å². The monoisotopic (exact) mass is 462 g/mol. The topological polar surface area (TPSA) is 97.4 Å². The molecular weight excluding hydrogens is 436 g/mol. The smallest absolute Gasteiger partial charge is 0.179 e. The summed E-state index contributed by atoms with van der Waals surface area (Å²) in [5.74, 6) is 0.385. The normalized spacial score (nSPS) is 15.3. The van der Waals surface area contributed by atoms with Crippen molar-refractivity contribution in [2.75, 3.05) is 45.7 Å². The van der Waals surface area contributed by atoms with Crippen molar-refractivity contribution in [2.45, 2.75) is 18.2 Å². The van der Waals surface area contributed by atoms with Crippen molar-refractivity contribution in [2.24, 2.45) is 0 Å². The first kappa shape index (κ1) is 21.9. The minimum absolute atomic E-state index is 0.207. The summed E-state index contributed by atoms with van der Waals surface area (Å²) in [4.78, 5) is 8.15. The highest BCUT2D eigenvalue weighted by atomic mass is 32.2. The van der Waals surface area contributed by atoms with Crippen molar-refractivity contribution >= 4 is 21.2 Å². The molecule has 4 rings (SSSR count). The predicted molar refractivity (Wildman–Crippen MR) is 120 cm³/mol. The second-order valence-corrected chi connectivity index (χ2v) is 10.6. The van der Waals surface area contributed by atoms with E-state index in [-0.39, 0.29) is 4.90 Å². The quantitative estimate of drug-likeness (QED) is 0.549. The van der Waals surface area contributed by atoms with E-state index in [1.807, 2.05) is 25.1 Å². The third kappa shape index (κ3) is 5.51. The lowest BCUT2D eigenvalue weighted by Gasteiger charge is -2.26. The molecule has 10 heteroatoms. The zero-order valence-electron chi connectivity index (χ0n) is 17.6. The molecule has 166 valence electrons. The summed E-state index contributed by atoms with van der Waals surface area (Å²) in [7, 11) is -3.41. The fourth-order valence-electron chi connectivity index (χ4n) is 3.52. The highest BCUT2D eigenvalue weighted by Crippen LogP contribution is 2.35. The van der Waals surface area contributed by atoms with Gasteiger partial charge in [0.15, 0.2) is 9.84 Å². The van der Waals surface area contributed by atoms with Gasteiger partial charge in [-0.2, -0.15) is 5.10 Å². The number of aryl methyl sites for hydroxylation is 1. The molecule has 0 unspecified atom stereocenters. The first-order valence-electron chi connectivity index (χ1n) is 10.1. The van der Waals surface area contributed by atoms with Crippen molar-refractivity contribution in [3.8, 4) is 16.2 Å². The molecule has 1 N–H and O–H groups in total. The molecule has 0 atom stereocenters. The Bertz CT molecular complexity index is 1120. The fourth-order valence-corrected chi connectivity index (χ4v) is 5.40. The van der Waals surface area contributed by atoms with Gasteiger partial charge in [0.25, 0.3) is 0 Å². The number of nitrogens with one attached hydrogen (secondary N) is 1. The average molecular weight is 463 g/mol. The zero-order valence-corrected chi connectivity index (χ0v) is 19.3. The van der Waals surface area contributed by atoms with Crippen LogP contribution >= 0.6 is 11.3 Å². The number of sulfone groups is 1. The molecule has 1 aliphatic heterocycles. The molecule has 0 bridgehead atoms. The number of hydrogen-bond acceptors (Lipinski definition) is 8. The summed E-state index contributed by atoms with van der Waals surface area (Å²) in [6.07, 6.45) is 3.61. The number of thiazole rings is 1. The maximum Gasteiger partial charge on any atom is 0.179 e. The second-order valence-electron chi connectivity index (χ2n) is 7.52. The number of benzene rings is 1. The van der Waals surface area contributed by atoms with Crippen LogP contribution in [0.1, 0.15) is 16.4 Å². The molecular formula is C21H26N4O4S2. The van der Waals surface area contributed by atoms with Crippen LogP contribution in [0.15, 0.2) is 35.4 Å². The van der Waals surface area contributed by atoms with Gasteiger partial charge in [-0.1, -0.05) is 6.07 Å². The zero-order chi connectivity index (χ0) is 21.8. The molecule has 3 aromatic rings. The summed E-state index contributed by atoms with van der Waals surface area (Å²) in [5, 5.41) is 7.91. The van der Waals surface area contributed by atoms with Gasteiger partial charge in [0, 0.05) is 44.2 Å². The number of rotatable bonds is 8. The SMILES string of the molecule is Cc1nc(Cc2ccn[nH]2)sc1-c1ccc(S(C)(=O)=O)c(OCCN2CCOCC2)c1. The van der Waals surface area contributed by atoms with Gasteiger partial charge in [0.2, 0.25) is 0 Å². The van der Waals surface area contributed by atoms with Crippen LogP contribution in [0, 0.1) is 6.92 Å². The van der Waals surface area contributed by atoms with E-state index in [0.717, 1.165) is 59.7 Å². The van der Waals surface area contributed by atoms with E-state index in [1.54, 1.807) is 23.6 Å². The van der Waals surface area contributed by atoms with Crippen molar-refractivity contribution in [1.29, 1.82) is 0 Å². The first-order valence-corrected chi connectivity index (χ1v) is 12.8. The van der Waals surface area contributed by atoms with Crippen LogP contribution in [0.3, 0.4) is 0 Å². The lowest BCUT2D eigenvalue weighted by atomic mass is 10.1. The highest BCUT2D eigenvalue weighted by Gasteiger charge is 2.19. The molecule has 0 spiro atoms. The molecule has 1 aliphatic rings. The number of nitrogens with zero attached hydrogens (tertiary/aromatic N) is 3. The summed E-state index contributed by atoms with van der Waals surface area (Å²) in [5.41, 5.74) is 2.81. The van der Waals surface area contributed by atoms with Gasteiger partial charge in [-0.05, 0) is 30.7 Å². The second kappa shape index (κ2) is 9.47. The van der Waals surface area contributed by atoms with Gasteiger partial charge >= 0.3 is 0 Å². The van der Waals surface area contributed by atoms with Crippen LogP contribution in [0.4, 0.5) is 0 Å². The molecule has 0 aliphatic carbocycles. The van der Waals surface area contributed by atoms with E-state index in [4.69, 9.17) is 9.47 Å². The average Bonchev–Trinajstić information content (AvgIpc) is 3.37. The van der Waals surface area contributed by atoms with Crippen molar-refractivity contribution in [3.63, 3.8) is 0 Å². The standard InChI is InChI=1S/C21H26N4O4S2/c1-15-21(30-20(23-15)14-17-5-6-22-24-17)16-3-4-19(31(2,26)27)18(13-16)29-12-9-25-7-10-28-11-8-25/h3-6,13H,7-12,14H2,1-2H3,(H,22,24). The number of aromatic nitrogens is 3. The Kier molecular flexibility index (Phi) is 6.71. The largest absolute Gasteiger partial charge is 0.491 e. The summed E-state index contributed by atoms with van der Waals surface area (Å²) in [6, 6.07) is 7.20. The van der Waals surface area contributed by atoms with Gasteiger partial charge < -0.3 is 9.47 Å². The van der Waals surface area contributed by atoms with Crippen LogP contribution in [0.25, 0.3) is 10.4 Å². The van der Waals surface area contributed by atoms with Crippen LogP contribution in [-0.2, 0) is 21.0 Å². The Morgan fingerprint density at radius 3 is 2.77 bits per heavy atom. The van der Waals surface area contributed by atoms with E-state index in [0.29, 0.717) is 18.8 Å². The summed E-state index contributed by atoms with van der Waals surface area (Å²) < 4.78 is 35.9. The molecule has 1 saturated heterocycles. The van der Waals surface area contributed by atoms with Gasteiger partial charge in [0.05, 0.1) is 28.8 Å². The lowest BCUT2D eigenvalue weighted by Crippen LogP contribution is -2.38. The first-order chi connectivity index (χ1) is 14.9. The Morgan fingerprint density at radius 2 is 2.06 bits per heavy atom. The van der Waals surface area contributed by atoms with E-state index in [9.17, 15) is 8.42 Å². The van der Waals surface area contributed by atoms with Gasteiger partial charge in [0.1, 0.15) is 17.3 Å². The highest BCUT2D eigenvalue weighted by molar-refractivity contribution is 7.90. The third-order valence-electron chi connectivity index (χ3n) is 5.12. The fraction of sp³-hybridized carbons (Fsp3) is 0.429. The molecule has 31 heavy (non-hydrogen) atoms. The van der Waals surface area contributed by atoms with Gasteiger partial charge in [-0.25, -0.2) is 13.4 Å². The Labute approximate surface area is 186 Å². The third-order valence-corrected chi connectivity index (χ3v) is 7.46. The minimum atomic E-state index is -3.41. The van der Waals surface area contributed by atoms with Gasteiger partial charge in [-0.15, -0.1) is 11.3 Å². The number of aromatic amines is 1. The number of morpholine rings is 1. The molecule has 0 saturated carbocycles. The van der Waals surface area contributed by atoms with E-state index in [1.165, 1.54) is 6.26 Å². The molecule has 2 aromatic heterocycles. The van der Waals surface area contributed by atoms with Crippen LogP contribution in [0.2, 0.25) is 0 Å². The molecule has 0 radical (unpaired) electrons. The van der Waals surface area contributed by atoms with E-state index >= 15 is 0 Å². The van der Waals surface area contributed by atoms with Crippen LogP contribution in [-0.4, -0.2) is 74.2 Å². The Hall–Kier alpha value is -2.27. The van der Waals surface area contributed by atoms with Crippen LogP contribution < -0.4 is 4.74 Å². The summed E-state index contributed by atoms with van der Waals surface area (Å²) >= 11 is 1.59. The predicted octanol–water partition coefficient (Wildman–Crippen LogP) is 2.55. The summed E-state index contributed by atoms with van der Waals surface area (Å²) in [6.45, 7) is 6.27. The van der Waals surface area contributed by atoms with Gasteiger partial charge in [-0.3, -0.25) is 10.00 Å². The number of hydrogen-bond donors (Lipinski definition) is 1. The van der Waals surface area contributed by atoms with Crippen LogP contribution in [0.5, 0.6) is 5.75 Å². The number of H-pyrrole nitrogens is 1. The molecule has 1 fully saturated rings. The van der Waals surface area contributed by atoms with Crippen molar-refractivity contribution < 1.29 is 17.9 Å². The molecule has 1 aromatic carbocycles. The Morgan fingerprint density at radius 1 is 1.26 bits per heavy atom. The minimum Gasteiger partial charge on any atom is -0.491 e. The molecule has 8 nitrogen and oxygen atoms in total. The maximum atomic E-state index is 12.3. The lowest BCUT2D eigenvalue weighted by molar-refractivity contribution is 0.0321. The van der Waals surface area contributed by atoms with Crippen molar-refractivity contribution in [1.82, 2.24) is 20.1 Å². The number of ether oxygens (including phenoxy) is 2. The molecule has 0 amide bonds. The molecule has 3 heterocycles. The maximum absolute atomic E-state index is 12.3. The van der Waals surface area contributed by atoms with Crippen molar-refractivity contribution in [3.05, 3.63) is 46.9 Å². The Balaban J connectivity index is 1.55.